The van der Waals surface area contributed by atoms with E-state index in [-0.39, 0.29) is 22.1 Å². The number of carbonyl (C=O) groups is 1. The molecule has 0 unspecified atom stereocenters. The van der Waals surface area contributed by atoms with Crippen molar-refractivity contribution >= 4 is 39.3 Å². The molecule has 1 aliphatic heterocycles. The van der Waals surface area contributed by atoms with Crippen molar-refractivity contribution in [1.82, 2.24) is 20.0 Å². The van der Waals surface area contributed by atoms with E-state index in [2.05, 4.69) is 15.2 Å². The van der Waals surface area contributed by atoms with Crippen LogP contribution in [-0.2, 0) is 23.6 Å². The maximum Gasteiger partial charge on any atom is 0.416 e. The molecule has 13 heteroatoms. The topological polar surface area (TPSA) is 64.6 Å². The summed E-state index contributed by atoms with van der Waals surface area (Å²) in [7, 11) is 5.53. The smallest absolute Gasteiger partial charge is 0.353 e. The fourth-order valence-electron chi connectivity index (χ4n) is 3.90. The Morgan fingerprint density at radius 2 is 1.71 bits per heavy atom. The summed E-state index contributed by atoms with van der Waals surface area (Å²) in [5.74, 6) is -0.621. The van der Waals surface area contributed by atoms with E-state index in [0.717, 1.165) is 17.8 Å². The van der Waals surface area contributed by atoms with Gasteiger partial charge in [-0.15, -0.1) is 0 Å². The number of amidine groups is 1. The number of allylic oxidation sites excluding steroid dienone is 1. The van der Waals surface area contributed by atoms with Crippen LogP contribution in [0.2, 0.25) is 0 Å². The first-order valence-corrected chi connectivity index (χ1v) is 12.2. The first-order chi connectivity index (χ1) is 17.7. The fraction of sp³-hybridized carbons (Fsp3) is 0.320. The first kappa shape index (κ1) is 27.7. The number of aliphatic imine (C=N–C) groups is 1. The van der Waals surface area contributed by atoms with Crippen molar-refractivity contribution in [3.8, 4) is 0 Å². The predicted molar refractivity (Wildman–Crippen MR) is 134 cm³/mol. The molecule has 2 aromatic carbocycles. The second-order valence-electron chi connectivity index (χ2n) is 9.05. The lowest BCUT2D eigenvalue weighted by molar-refractivity contribution is -0.143. The maximum atomic E-state index is 13.9. The third-order valence-electron chi connectivity index (χ3n) is 5.97. The normalized spacial score (nSPS) is 15.9. The molecule has 0 aliphatic carbocycles. The van der Waals surface area contributed by atoms with Gasteiger partial charge in [-0.2, -0.15) is 36.4 Å². The van der Waals surface area contributed by atoms with Crippen LogP contribution in [0.1, 0.15) is 22.3 Å². The van der Waals surface area contributed by atoms with E-state index in [1.165, 1.54) is 6.20 Å². The van der Waals surface area contributed by atoms with Crippen LogP contribution < -0.4 is 0 Å². The van der Waals surface area contributed by atoms with Gasteiger partial charge in [0.1, 0.15) is 0 Å². The minimum absolute atomic E-state index is 0.109. The molecule has 1 aromatic heterocycles. The lowest BCUT2D eigenvalue weighted by atomic mass is 9.92. The van der Waals surface area contributed by atoms with Crippen molar-refractivity contribution in [3.63, 3.8) is 0 Å². The van der Waals surface area contributed by atoms with E-state index in [1.54, 1.807) is 30.1 Å². The number of benzene rings is 2. The Balaban J connectivity index is 1.81. The summed E-state index contributed by atoms with van der Waals surface area (Å²) >= 11 is 1.03. The summed E-state index contributed by atoms with van der Waals surface area (Å²) in [6.07, 6.45) is -8.89. The highest BCUT2D eigenvalue weighted by molar-refractivity contribution is 8.18. The third kappa shape index (κ3) is 6.04. The highest BCUT2D eigenvalue weighted by atomic mass is 32.2. The van der Waals surface area contributed by atoms with Crippen molar-refractivity contribution < 1.29 is 31.1 Å². The van der Waals surface area contributed by atoms with Crippen LogP contribution in [0, 0.1) is 0 Å². The third-order valence-corrected chi connectivity index (χ3v) is 7.18. The molecular weight excluding hydrogens is 532 g/mol. The van der Waals surface area contributed by atoms with Gasteiger partial charge in [-0.25, -0.2) is 0 Å². The van der Waals surface area contributed by atoms with Crippen LogP contribution in [0.5, 0.6) is 0 Å². The molecule has 0 fully saturated rings. The maximum absolute atomic E-state index is 13.9. The van der Waals surface area contributed by atoms with E-state index in [0.29, 0.717) is 40.8 Å². The lowest BCUT2D eigenvalue weighted by Gasteiger charge is -2.20. The number of aromatic amines is 1. The molecule has 38 heavy (non-hydrogen) atoms. The molecule has 0 atom stereocenters. The zero-order valence-electron chi connectivity index (χ0n) is 20.5. The van der Waals surface area contributed by atoms with E-state index >= 15 is 0 Å². The van der Waals surface area contributed by atoms with Crippen LogP contribution >= 0.6 is 11.8 Å². The molecule has 3 aromatic rings. The number of hydrogen-bond acceptors (Lipinski definition) is 5. The molecule has 2 heterocycles. The Bertz CT molecular complexity index is 1420. The Kier molecular flexibility index (Phi) is 7.62. The Hall–Kier alpha value is -3.32. The second kappa shape index (κ2) is 10.4. The average molecular weight is 556 g/mol. The van der Waals surface area contributed by atoms with E-state index < -0.39 is 35.8 Å². The number of alkyl halides is 6. The largest absolute Gasteiger partial charge is 0.416 e. The quantitative estimate of drug-likeness (QED) is 0.314. The van der Waals surface area contributed by atoms with Crippen molar-refractivity contribution in [2.24, 2.45) is 4.99 Å². The standard InChI is InChI=1S/C25H23F6N5OS/c1-35(2)8-9-36(3)23-33-22(37)21(38-23)18(14-5-7-20-16(10-14)13-32-34-20)11-15-4-6-17(24(26,27)28)12-19(15)25(29,30)31/h4-7,10,12-13H,8-9,11H2,1-3H3,(H,32,34). The number of carbonyl (C=O) groups excluding carboxylic acids is 1. The Morgan fingerprint density at radius 3 is 2.37 bits per heavy atom. The number of fused-ring (bicyclic) bond motifs is 1. The Labute approximate surface area is 218 Å². The average Bonchev–Trinajstić information content (AvgIpc) is 3.45. The summed E-state index contributed by atoms with van der Waals surface area (Å²) in [5, 5.41) is 7.77. The molecule has 0 saturated heterocycles. The van der Waals surface area contributed by atoms with Gasteiger partial charge in [-0.05, 0) is 73.2 Å². The minimum atomic E-state index is -5.04. The zero-order valence-corrected chi connectivity index (χ0v) is 21.4. The van der Waals surface area contributed by atoms with Gasteiger partial charge < -0.3 is 9.80 Å². The molecule has 0 saturated carbocycles. The summed E-state index contributed by atoms with van der Waals surface area (Å²) < 4.78 is 81.3. The minimum Gasteiger partial charge on any atom is -0.353 e. The summed E-state index contributed by atoms with van der Waals surface area (Å²) in [6, 6.07) is 6.51. The van der Waals surface area contributed by atoms with Gasteiger partial charge in [-0.3, -0.25) is 9.89 Å². The number of rotatable bonds is 6. The number of nitrogens with zero attached hydrogens (tertiary/aromatic N) is 4. The van der Waals surface area contributed by atoms with Crippen LogP contribution in [0.4, 0.5) is 26.3 Å². The fourth-order valence-corrected chi connectivity index (χ4v) is 4.90. The highest BCUT2D eigenvalue weighted by Crippen LogP contribution is 2.41. The first-order valence-electron chi connectivity index (χ1n) is 11.3. The van der Waals surface area contributed by atoms with E-state index in [4.69, 9.17) is 0 Å². The summed E-state index contributed by atoms with van der Waals surface area (Å²) in [4.78, 5) is 21.0. The molecule has 6 nitrogen and oxygen atoms in total. The van der Waals surface area contributed by atoms with Gasteiger partial charge in [-0.1, -0.05) is 12.1 Å². The van der Waals surface area contributed by atoms with Crippen LogP contribution in [0.3, 0.4) is 0 Å². The van der Waals surface area contributed by atoms with E-state index in [9.17, 15) is 31.1 Å². The number of amides is 1. The van der Waals surface area contributed by atoms with Gasteiger partial charge in [0.15, 0.2) is 5.17 Å². The molecule has 1 amide bonds. The molecule has 202 valence electrons. The number of halogens is 6. The lowest BCUT2D eigenvalue weighted by Crippen LogP contribution is -2.31. The second-order valence-corrected chi connectivity index (χ2v) is 10.0. The Morgan fingerprint density at radius 1 is 0.974 bits per heavy atom. The molecule has 1 N–H and O–H groups in total. The number of likely N-dealkylation sites (N-methyl/N-ethyl adjacent to an activating group) is 2. The molecule has 4 rings (SSSR count). The van der Waals surface area contributed by atoms with Crippen LogP contribution in [-0.4, -0.2) is 65.3 Å². The number of aromatic nitrogens is 2. The van der Waals surface area contributed by atoms with Crippen molar-refractivity contribution in [1.29, 1.82) is 0 Å². The van der Waals surface area contributed by atoms with Gasteiger partial charge in [0.05, 0.1) is 27.7 Å². The number of hydrogen-bond donors (Lipinski definition) is 1. The number of thioether (sulfide) groups is 1. The molecule has 0 radical (unpaired) electrons. The van der Waals surface area contributed by atoms with Crippen molar-refractivity contribution in [3.05, 3.63) is 69.8 Å². The molecule has 1 aliphatic rings. The molecular formula is C25H23F6N5OS. The van der Waals surface area contributed by atoms with Gasteiger partial charge in [0.2, 0.25) is 0 Å². The number of H-pyrrole nitrogens is 1. The van der Waals surface area contributed by atoms with Gasteiger partial charge >= 0.3 is 12.4 Å². The highest BCUT2D eigenvalue weighted by Gasteiger charge is 2.39. The van der Waals surface area contributed by atoms with Crippen LogP contribution in [0.15, 0.2) is 52.5 Å². The summed E-state index contributed by atoms with van der Waals surface area (Å²) in [5.41, 5.74) is -1.85. The number of nitrogens with one attached hydrogen (secondary N) is 1. The summed E-state index contributed by atoms with van der Waals surface area (Å²) in [6.45, 7) is 1.22. The monoisotopic (exact) mass is 555 g/mol. The predicted octanol–water partition coefficient (Wildman–Crippen LogP) is 5.68. The van der Waals surface area contributed by atoms with Crippen molar-refractivity contribution in [2.75, 3.05) is 34.2 Å². The molecule has 0 bridgehead atoms. The molecule has 0 spiro atoms. The van der Waals surface area contributed by atoms with Gasteiger partial charge in [0, 0.05) is 25.5 Å². The van der Waals surface area contributed by atoms with Crippen molar-refractivity contribution in [2.45, 2.75) is 18.8 Å². The zero-order chi connectivity index (χ0) is 27.8. The SMILES string of the molecule is CN(C)CCN(C)C1=NC(=O)C(=C(Cc2ccc(C(F)(F)F)cc2C(F)(F)F)c2ccc3[nH]ncc3c2)S1. The van der Waals surface area contributed by atoms with Crippen LogP contribution in [0.25, 0.3) is 16.5 Å². The van der Waals surface area contributed by atoms with E-state index in [1.807, 2.05) is 19.0 Å². The van der Waals surface area contributed by atoms with Gasteiger partial charge in [0.25, 0.3) is 5.91 Å².